The highest BCUT2D eigenvalue weighted by Crippen LogP contribution is 2.18. The highest BCUT2D eigenvalue weighted by molar-refractivity contribution is 6.21. The first-order valence-corrected chi connectivity index (χ1v) is 6.08. The number of rotatable bonds is 6. The van der Waals surface area contributed by atoms with Crippen LogP contribution in [0.5, 0.6) is 5.75 Å². The Morgan fingerprint density at radius 3 is 2.78 bits per heavy atom. The first-order valence-electron chi connectivity index (χ1n) is 5.64. The topological polar surface area (TPSA) is 47.6 Å². The van der Waals surface area contributed by atoms with Crippen LogP contribution < -0.4 is 10.1 Å². The number of halogens is 1. The highest BCUT2D eigenvalue weighted by Gasteiger charge is 2.10. The predicted molar refractivity (Wildman–Crippen MR) is 71.6 cm³/mol. The largest absolute Gasteiger partial charge is 0.496 e. The van der Waals surface area contributed by atoms with Gasteiger partial charge in [-0.3, -0.25) is 4.79 Å². The van der Waals surface area contributed by atoms with Crippen molar-refractivity contribution in [3.63, 3.8) is 0 Å². The van der Waals surface area contributed by atoms with Crippen molar-refractivity contribution < 1.29 is 14.3 Å². The Hall–Kier alpha value is -1.26. The van der Waals surface area contributed by atoms with Gasteiger partial charge in [-0.2, -0.15) is 0 Å². The number of alkyl halides is 1. The van der Waals surface area contributed by atoms with E-state index in [2.05, 4.69) is 5.32 Å². The highest BCUT2D eigenvalue weighted by atomic mass is 35.5. The minimum atomic E-state index is -0.230. The molecule has 4 nitrogen and oxygen atoms in total. The average molecular weight is 272 g/mol. The summed E-state index contributed by atoms with van der Waals surface area (Å²) in [5.74, 6) is 0.525. The van der Waals surface area contributed by atoms with Gasteiger partial charge in [-0.05, 0) is 24.6 Å². The molecule has 1 atom stereocenters. The van der Waals surface area contributed by atoms with Crippen LogP contribution in [0.2, 0.25) is 0 Å². The molecule has 18 heavy (non-hydrogen) atoms. The van der Waals surface area contributed by atoms with E-state index < -0.39 is 0 Å². The quantitative estimate of drug-likeness (QED) is 0.805. The molecule has 0 aliphatic rings. The number of benzene rings is 1. The second-order valence-corrected chi connectivity index (χ2v) is 4.56. The Kier molecular flexibility index (Phi) is 5.95. The van der Waals surface area contributed by atoms with Crippen LogP contribution in [0, 0.1) is 6.92 Å². The summed E-state index contributed by atoms with van der Waals surface area (Å²) in [7, 11) is 3.15. The normalized spacial score (nSPS) is 12.0. The van der Waals surface area contributed by atoms with Crippen LogP contribution >= 0.6 is 11.6 Å². The number of hydrogen-bond donors (Lipinski definition) is 1. The number of carbonyl (C=O) groups excluding carboxylic acids is 1. The monoisotopic (exact) mass is 271 g/mol. The third kappa shape index (κ3) is 4.20. The van der Waals surface area contributed by atoms with Crippen LogP contribution in [0.4, 0.5) is 0 Å². The molecule has 1 aromatic carbocycles. The lowest BCUT2D eigenvalue weighted by Crippen LogP contribution is -2.31. The van der Waals surface area contributed by atoms with E-state index in [9.17, 15) is 4.79 Å². The fraction of sp³-hybridized carbons (Fsp3) is 0.462. The van der Waals surface area contributed by atoms with Crippen molar-refractivity contribution in [2.75, 3.05) is 27.4 Å². The smallest absolute Gasteiger partial charge is 0.251 e. The number of ether oxygens (including phenoxy) is 2. The molecule has 5 heteroatoms. The van der Waals surface area contributed by atoms with Crippen molar-refractivity contribution in [3.8, 4) is 5.75 Å². The van der Waals surface area contributed by atoms with Gasteiger partial charge in [-0.1, -0.05) is 6.07 Å². The Morgan fingerprint density at radius 2 is 2.17 bits per heavy atom. The van der Waals surface area contributed by atoms with Crippen molar-refractivity contribution in [2.24, 2.45) is 0 Å². The Balaban J connectivity index is 2.61. The van der Waals surface area contributed by atoms with Crippen LogP contribution in [-0.2, 0) is 4.74 Å². The summed E-state index contributed by atoms with van der Waals surface area (Å²) < 4.78 is 10.1. The molecular weight excluding hydrogens is 254 g/mol. The molecule has 1 amide bonds. The van der Waals surface area contributed by atoms with Gasteiger partial charge in [0.1, 0.15) is 5.75 Å². The molecule has 1 aromatic rings. The predicted octanol–water partition coefficient (Wildman–Crippen LogP) is 1.99. The van der Waals surface area contributed by atoms with E-state index in [1.807, 2.05) is 13.0 Å². The van der Waals surface area contributed by atoms with Gasteiger partial charge >= 0.3 is 0 Å². The van der Waals surface area contributed by atoms with E-state index in [0.29, 0.717) is 24.5 Å². The van der Waals surface area contributed by atoms with Crippen molar-refractivity contribution in [1.82, 2.24) is 5.32 Å². The number of nitrogens with one attached hydrogen (secondary N) is 1. The maximum Gasteiger partial charge on any atom is 0.251 e. The maximum atomic E-state index is 11.9. The molecule has 0 bridgehead atoms. The zero-order valence-corrected chi connectivity index (χ0v) is 11.6. The van der Waals surface area contributed by atoms with Crippen LogP contribution in [0.25, 0.3) is 0 Å². The van der Waals surface area contributed by atoms with Crippen molar-refractivity contribution in [1.29, 1.82) is 0 Å². The first-order chi connectivity index (χ1) is 8.58. The third-order valence-corrected chi connectivity index (χ3v) is 2.78. The molecule has 0 saturated carbocycles. The molecule has 0 heterocycles. The Bertz CT molecular complexity index is 409. The summed E-state index contributed by atoms with van der Waals surface area (Å²) in [5.41, 5.74) is 1.54. The van der Waals surface area contributed by atoms with Crippen LogP contribution in [0.15, 0.2) is 18.2 Å². The van der Waals surface area contributed by atoms with Gasteiger partial charge in [0.15, 0.2) is 0 Å². The molecule has 1 rings (SSSR count). The number of carbonyl (C=O) groups is 1. The molecule has 0 fully saturated rings. The minimum absolute atomic E-state index is 0.171. The zero-order chi connectivity index (χ0) is 13.5. The first kappa shape index (κ1) is 14.8. The number of aryl methyl sites for hydroxylation is 1. The fourth-order valence-corrected chi connectivity index (χ4v) is 1.71. The Labute approximate surface area is 112 Å². The molecule has 0 spiro atoms. The summed E-state index contributed by atoms with van der Waals surface area (Å²) in [6.45, 7) is 2.69. The summed E-state index contributed by atoms with van der Waals surface area (Å²) in [6.07, 6.45) is 0. The van der Waals surface area contributed by atoms with Crippen molar-refractivity contribution in [3.05, 3.63) is 29.3 Å². The van der Waals surface area contributed by atoms with Crippen LogP contribution in [0.1, 0.15) is 15.9 Å². The van der Waals surface area contributed by atoms with E-state index in [4.69, 9.17) is 21.1 Å². The van der Waals surface area contributed by atoms with Crippen LogP contribution in [0.3, 0.4) is 0 Å². The zero-order valence-electron chi connectivity index (χ0n) is 10.8. The number of hydrogen-bond acceptors (Lipinski definition) is 3. The van der Waals surface area contributed by atoms with Gasteiger partial charge in [0.2, 0.25) is 0 Å². The summed E-state index contributed by atoms with van der Waals surface area (Å²) >= 11 is 5.93. The molecule has 1 unspecified atom stereocenters. The van der Waals surface area contributed by atoms with E-state index in [1.165, 1.54) is 0 Å². The van der Waals surface area contributed by atoms with Gasteiger partial charge in [0, 0.05) is 19.2 Å². The molecule has 0 aliphatic heterocycles. The molecule has 100 valence electrons. The van der Waals surface area contributed by atoms with E-state index in [0.717, 1.165) is 5.56 Å². The number of amides is 1. The Morgan fingerprint density at radius 1 is 1.44 bits per heavy atom. The van der Waals surface area contributed by atoms with Gasteiger partial charge in [0.05, 0.1) is 19.1 Å². The SMILES string of the molecule is COCC(Cl)CNC(=O)c1ccc(C)c(OC)c1. The van der Waals surface area contributed by atoms with E-state index >= 15 is 0 Å². The van der Waals surface area contributed by atoms with E-state index in [1.54, 1.807) is 26.4 Å². The van der Waals surface area contributed by atoms with Gasteiger partial charge in [-0.25, -0.2) is 0 Å². The summed E-state index contributed by atoms with van der Waals surface area (Å²) in [4.78, 5) is 11.9. The lowest BCUT2D eigenvalue weighted by Gasteiger charge is -2.11. The summed E-state index contributed by atoms with van der Waals surface area (Å²) in [5, 5.41) is 2.52. The van der Waals surface area contributed by atoms with Crippen molar-refractivity contribution >= 4 is 17.5 Å². The standard InChI is InChI=1S/C13H18ClNO3/c1-9-4-5-10(6-12(9)18-3)13(16)15-7-11(14)8-17-2/h4-6,11H,7-8H2,1-3H3,(H,15,16). The second-order valence-electron chi connectivity index (χ2n) is 3.95. The fourth-order valence-electron chi connectivity index (χ4n) is 1.51. The lowest BCUT2D eigenvalue weighted by molar-refractivity contribution is 0.0949. The van der Waals surface area contributed by atoms with Crippen molar-refractivity contribution in [2.45, 2.75) is 12.3 Å². The molecule has 0 aliphatic carbocycles. The van der Waals surface area contributed by atoms with Gasteiger partial charge < -0.3 is 14.8 Å². The second kappa shape index (κ2) is 7.24. The molecule has 0 aromatic heterocycles. The maximum absolute atomic E-state index is 11.9. The lowest BCUT2D eigenvalue weighted by atomic mass is 10.1. The molecule has 0 radical (unpaired) electrons. The molecular formula is C13H18ClNO3. The number of methoxy groups -OCH3 is 2. The van der Waals surface area contributed by atoms with Gasteiger partial charge in [-0.15, -0.1) is 11.6 Å². The third-order valence-electron chi connectivity index (χ3n) is 2.50. The molecule has 1 N–H and O–H groups in total. The summed E-state index contributed by atoms with van der Waals surface area (Å²) in [6, 6.07) is 5.32. The van der Waals surface area contributed by atoms with E-state index in [-0.39, 0.29) is 11.3 Å². The minimum Gasteiger partial charge on any atom is -0.496 e. The average Bonchev–Trinajstić information content (AvgIpc) is 2.37. The van der Waals surface area contributed by atoms with Gasteiger partial charge in [0.25, 0.3) is 5.91 Å². The van der Waals surface area contributed by atoms with Crippen LogP contribution in [-0.4, -0.2) is 38.7 Å². The molecule has 0 saturated heterocycles.